The summed E-state index contributed by atoms with van der Waals surface area (Å²) in [5.74, 6) is 0.0724. The average Bonchev–Trinajstić information content (AvgIpc) is 1.94. The molecule has 0 aliphatic carbocycles. The lowest BCUT2D eigenvalue weighted by atomic mass is 10.3. The summed E-state index contributed by atoms with van der Waals surface area (Å²) in [5, 5.41) is 1.81. The Kier molecular flexibility index (Phi) is 5.63. The molecule has 0 aliphatic heterocycles. The van der Waals surface area contributed by atoms with Crippen LogP contribution in [-0.2, 0) is 14.7 Å². The van der Waals surface area contributed by atoms with Gasteiger partial charge in [0.1, 0.15) is 16.4 Å². The fraction of sp³-hybridized carbons (Fsp3) is 1.00. The van der Waals surface area contributed by atoms with Gasteiger partial charge in [0.05, 0.1) is 5.75 Å². The van der Waals surface area contributed by atoms with E-state index in [1.807, 2.05) is 32.8 Å². The second-order valence-corrected chi connectivity index (χ2v) is 6.27. The van der Waals surface area contributed by atoms with E-state index in [2.05, 4.69) is 0 Å². The maximum atomic E-state index is 10.9. The smallest absolute Gasteiger partial charge is 0.164 e. The molecule has 0 atom stereocenters. The van der Waals surface area contributed by atoms with Gasteiger partial charge in [-0.15, -0.1) is 4.84 Å². The molecule has 0 amide bonds. The van der Waals surface area contributed by atoms with Crippen molar-refractivity contribution in [3.8, 4) is 0 Å². The molecule has 0 aliphatic rings. The van der Waals surface area contributed by atoms with Gasteiger partial charge >= 0.3 is 0 Å². The Balaban J connectivity index is 3.96. The molecular weight excluding hydrogens is 202 g/mol. The first-order valence-corrected chi connectivity index (χ1v) is 6.89. The summed E-state index contributed by atoms with van der Waals surface area (Å²) < 4.78 is 21.7. The van der Waals surface area contributed by atoms with Crippen molar-refractivity contribution in [1.29, 1.82) is 0 Å². The third kappa shape index (κ3) is 6.34. The number of nitrogens with zero attached hydrogens (tertiary/aromatic N) is 1. The molecule has 5 heteroatoms. The van der Waals surface area contributed by atoms with Gasteiger partial charge in [0.25, 0.3) is 0 Å². The van der Waals surface area contributed by atoms with Crippen LogP contribution in [0.15, 0.2) is 0 Å². The highest BCUT2D eigenvalue weighted by Gasteiger charge is 2.26. The van der Waals surface area contributed by atoms with Gasteiger partial charge < -0.3 is 0 Å². The molecule has 0 aromatic heterocycles. The quantitative estimate of drug-likeness (QED) is 0.497. The van der Waals surface area contributed by atoms with Crippen molar-refractivity contribution < 1.29 is 13.3 Å². The molecule has 0 unspecified atom stereocenters. The van der Waals surface area contributed by atoms with Gasteiger partial charge in [-0.05, 0) is 32.8 Å². The molecule has 0 rings (SSSR count). The lowest BCUT2D eigenvalue weighted by Gasteiger charge is -2.16. The summed E-state index contributed by atoms with van der Waals surface area (Å²) in [4.78, 5) is 5.40. The van der Waals surface area contributed by atoms with E-state index in [-0.39, 0.29) is 24.4 Å². The normalized spacial score (nSPS) is 13.1. The van der Waals surface area contributed by atoms with Crippen molar-refractivity contribution in [2.45, 2.75) is 39.8 Å². The summed E-state index contributed by atoms with van der Waals surface area (Å²) in [5.41, 5.74) is 0. The van der Waals surface area contributed by atoms with E-state index in [9.17, 15) is 8.42 Å². The molecule has 0 saturated carbocycles. The van der Waals surface area contributed by atoms with Crippen LogP contribution in [0.1, 0.15) is 27.7 Å². The van der Waals surface area contributed by atoms with Crippen LogP contribution in [-0.4, -0.2) is 39.1 Å². The van der Waals surface area contributed by atoms with Crippen molar-refractivity contribution in [3.05, 3.63) is 0 Å². The summed E-state index contributed by atoms with van der Waals surface area (Å²) in [6.45, 7) is 8.29. The first-order chi connectivity index (χ1) is 6.24. The Morgan fingerprint density at radius 2 is 1.57 bits per heavy atom. The van der Waals surface area contributed by atoms with Crippen LogP contribution in [0.4, 0.5) is 0 Å². The molecule has 4 nitrogen and oxygen atoms in total. The van der Waals surface area contributed by atoms with Crippen molar-refractivity contribution in [2.75, 3.05) is 18.6 Å². The number of sulfone groups is 1. The molecule has 0 heterocycles. The third-order valence-electron chi connectivity index (χ3n) is 1.71. The zero-order valence-electron chi connectivity index (χ0n) is 9.65. The molecule has 0 aromatic carbocycles. The highest BCUT2D eigenvalue weighted by Crippen LogP contribution is 2.01. The maximum absolute atomic E-state index is 10.9. The second kappa shape index (κ2) is 5.68. The van der Waals surface area contributed by atoms with Crippen molar-refractivity contribution in [3.63, 3.8) is 0 Å². The Hall–Kier alpha value is -0.130. The minimum absolute atomic E-state index is 0.0724. The van der Waals surface area contributed by atoms with E-state index in [0.717, 1.165) is 0 Å². The lowest BCUT2D eigenvalue weighted by Crippen LogP contribution is -2.43. The van der Waals surface area contributed by atoms with Gasteiger partial charge in [-0.25, -0.2) is 8.42 Å². The minimum atomic E-state index is -2.92. The summed E-state index contributed by atoms with van der Waals surface area (Å²) >= 11 is 0. The van der Waals surface area contributed by atoms with Crippen LogP contribution >= 0.6 is 0 Å². The molecule has 0 fully saturated rings. The van der Waals surface area contributed by atoms with Gasteiger partial charge in [-0.2, -0.15) is 0 Å². The average molecular weight is 223 g/mol. The van der Waals surface area contributed by atoms with Crippen LogP contribution in [0, 0.1) is 0 Å². The Morgan fingerprint density at radius 1 is 1.14 bits per heavy atom. The molecule has 0 aromatic rings. The molecule has 0 bridgehead atoms. The van der Waals surface area contributed by atoms with E-state index in [1.165, 1.54) is 6.26 Å². The number of hydrogen-bond acceptors (Lipinski definition) is 4. The molecule has 14 heavy (non-hydrogen) atoms. The molecule has 1 radical (unpaired) electrons. The largest absolute Gasteiger partial charge is 0.229 e. The minimum Gasteiger partial charge on any atom is -0.229 e. The van der Waals surface area contributed by atoms with Crippen molar-refractivity contribution in [2.24, 2.45) is 0 Å². The maximum Gasteiger partial charge on any atom is 0.164 e. The topological polar surface area (TPSA) is 49.3 Å². The molecular formula is C9H21NO3S+. The van der Waals surface area contributed by atoms with E-state index in [0.29, 0.717) is 0 Å². The third-order valence-corrected chi connectivity index (χ3v) is 2.62. The summed E-state index contributed by atoms with van der Waals surface area (Å²) in [7, 11) is -2.92. The van der Waals surface area contributed by atoms with Gasteiger partial charge in [0, 0.05) is 6.26 Å². The first kappa shape index (κ1) is 13.9. The molecule has 0 N–H and O–H groups in total. The standard InChI is InChI=1S/C9H21NO3S/c1-8(2)10(9(3)4)13-6-7-14(5,11)12/h8-9H,6-7H2,1-5H3/q+1. The highest BCUT2D eigenvalue weighted by atomic mass is 32.2. The zero-order chi connectivity index (χ0) is 11.4. The van der Waals surface area contributed by atoms with Gasteiger partial charge in [-0.1, -0.05) is 0 Å². The Bertz CT molecular complexity index is 239. The van der Waals surface area contributed by atoms with E-state index in [4.69, 9.17) is 4.84 Å². The Labute approximate surface area is 87.1 Å². The van der Waals surface area contributed by atoms with Crippen LogP contribution in [0.2, 0.25) is 0 Å². The first-order valence-electron chi connectivity index (χ1n) is 4.83. The summed E-state index contributed by atoms with van der Waals surface area (Å²) in [6, 6.07) is 0.518. The lowest BCUT2D eigenvalue weighted by molar-refractivity contribution is -0.103. The number of rotatable bonds is 6. The van der Waals surface area contributed by atoms with E-state index >= 15 is 0 Å². The van der Waals surface area contributed by atoms with Crippen LogP contribution in [0.3, 0.4) is 0 Å². The van der Waals surface area contributed by atoms with Crippen molar-refractivity contribution in [1.82, 2.24) is 5.06 Å². The van der Waals surface area contributed by atoms with Crippen LogP contribution in [0.5, 0.6) is 0 Å². The van der Waals surface area contributed by atoms with Crippen LogP contribution in [0.25, 0.3) is 0 Å². The summed E-state index contributed by atoms with van der Waals surface area (Å²) in [6.07, 6.45) is 1.21. The fourth-order valence-electron chi connectivity index (χ4n) is 1.19. The van der Waals surface area contributed by atoms with Crippen LogP contribution < -0.4 is 5.06 Å². The molecule has 0 spiro atoms. The fourth-order valence-corrected chi connectivity index (χ4v) is 1.57. The monoisotopic (exact) mass is 223 g/mol. The Morgan fingerprint density at radius 3 is 1.86 bits per heavy atom. The molecule has 0 saturated heterocycles. The SMILES string of the molecule is CC(C)[N+](OCCS(C)(=O)=O)C(C)C. The second-order valence-electron chi connectivity index (χ2n) is 4.01. The number of hydroxylamine groups is 2. The van der Waals surface area contributed by atoms with Gasteiger partial charge in [-0.3, -0.25) is 0 Å². The van der Waals surface area contributed by atoms with E-state index in [1.54, 1.807) is 0 Å². The number of hydrogen-bond donors (Lipinski definition) is 0. The van der Waals surface area contributed by atoms with Gasteiger partial charge in [0.15, 0.2) is 12.1 Å². The van der Waals surface area contributed by atoms with Crippen molar-refractivity contribution >= 4 is 9.84 Å². The highest BCUT2D eigenvalue weighted by molar-refractivity contribution is 7.90. The zero-order valence-corrected chi connectivity index (χ0v) is 10.5. The predicted molar refractivity (Wildman–Crippen MR) is 58.1 cm³/mol. The predicted octanol–water partition coefficient (Wildman–Crippen LogP) is 0.919. The molecule has 85 valence electrons. The van der Waals surface area contributed by atoms with E-state index < -0.39 is 9.84 Å². The van der Waals surface area contributed by atoms with Gasteiger partial charge in [0.2, 0.25) is 0 Å².